The van der Waals surface area contributed by atoms with Gasteiger partial charge >= 0.3 is 0 Å². The summed E-state index contributed by atoms with van der Waals surface area (Å²) >= 11 is 0. The van der Waals surface area contributed by atoms with Gasteiger partial charge in [0.2, 0.25) is 15.9 Å². The lowest BCUT2D eigenvalue weighted by atomic mass is 10.2. The number of carbonyl (C=O) groups excluding carboxylic acids is 1. The van der Waals surface area contributed by atoms with Crippen LogP contribution in [0.15, 0.2) is 41.4 Å². The summed E-state index contributed by atoms with van der Waals surface area (Å²) in [5.41, 5.74) is 0.482. The number of sulfonamides is 1. The molecule has 0 spiro atoms. The van der Waals surface area contributed by atoms with Crippen LogP contribution in [0.25, 0.3) is 0 Å². The third-order valence-electron chi connectivity index (χ3n) is 4.06. The molecule has 2 aromatic rings. The fourth-order valence-electron chi connectivity index (χ4n) is 2.66. The molecule has 0 saturated carbocycles. The minimum absolute atomic E-state index is 0.0727. The molecule has 0 radical (unpaired) electrons. The van der Waals surface area contributed by atoms with Gasteiger partial charge in [0, 0.05) is 19.3 Å². The van der Waals surface area contributed by atoms with Crippen LogP contribution in [0.4, 0.5) is 5.69 Å². The monoisotopic (exact) mass is 407 g/mol. The van der Waals surface area contributed by atoms with Gasteiger partial charge < -0.3 is 14.8 Å². The van der Waals surface area contributed by atoms with E-state index in [4.69, 9.17) is 9.47 Å². The number of pyridine rings is 1. The number of nitrogens with one attached hydrogen (secondary N) is 1. The van der Waals surface area contributed by atoms with Gasteiger partial charge in [-0.3, -0.25) is 4.79 Å². The second-order valence-corrected chi connectivity index (χ2v) is 7.63. The van der Waals surface area contributed by atoms with Crippen molar-refractivity contribution in [3.8, 4) is 11.6 Å². The molecule has 0 saturated heterocycles. The van der Waals surface area contributed by atoms with Gasteiger partial charge in [0.25, 0.3) is 5.91 Å². The van der Waals surface area contributed by atoms with Crippen molar-refractivity contribution in [3.63, 3.8) is 0 Å². The molecule has 152 valence electrons. The first kappa shape index (κ1) is 21.6. The van der Waals surface area contributed by atoms with E-state index in [0.29, 0.717) is 25.4 Å². The fourth-order valence-corrected chi connectivity index (χ4v) is 4.15. The molecule has 2 rings (SSSR count). The van der Waals surface area contributed by atoms with Crippen LogP contribution in [0, 0.1) is 0 Å². The van der Waals surface area contributed by atoms with Gasteiger partial charge in [-0.05, 0) is 37.3 Å². The lowest BCUT2D eigenvalue weighted by Crippen LogP contribution is -2.30. The molecule has 0 aliphatic rings. The predicted molar refractivity (Wildman–Crippen MR) is 106 cm³/mol. The number of hydrogen-bond acceptors (Lipinski definition) is 6. The average Bonchev–Trinajstić information content (AvgIpc) is 2.69. The van der Waals surface area contributed by atoms with Gasteiger partial charge in [-0.1, -0.05) is 13.8 Å². The van der Waals surface area contributed by atoms with E-state index in [0.717, 1.165) is 0 Å². The van der Waals surface area contributed by atoms with Crippen molar-refractivity contribution in [1.82, 2.24) is 9.29 Å². The number of hydrogen-bond donors (Lipinski definition) is 1. The minimum atomic E-state index is -3.68. The molecule has 0 aliphatic heterocycles. The largest absolute Gasteiger partial charge is 0.495 e. The van der Waals surface area contributed by atoms with Crippen LogP contribution in [-0.4, -0.2) is 50.4 Å². The average molecular weight is 407 g/mol. The maximum Gasteiger partial charge on any atom is 0.261 e. The van der Waals surface area contributed by atoms with Gasteiger partial charge in [-0.2, -0.15) is 4.31 Å². The highest BCUT2D eigenvalue weighted by atomic mass is 32.2. The molecule has 1 aromatic carbocycles. The summed E-state index contributed by atoms with van der Waals surface area (Å²) in [5, 5.41) is 2.70. The van der Waals surface area contributed by atoms with E-state index in [1.54, 1.807) is 32.9 Å². The number of rotatable bonds is 9. The first-order valence-electron chi connectivity index (χ1n) is 8.96. The summed E-state index contributed by atoms with van der Waals surface area (Å²) in [4.78, 5) is 16.9. The summed E-state index contributed by atoms with van der Waals surface area (Å²) in [6, 6.07) is 7.56. The molecule has 0 atom stereocenters. The Morgan fingerprint density at radius 2 is 1.89 bits per heavy atom. The number of anilines is 1. The Hall–Kier alpha value is -2.65. The molecule has 1 amide bonds. The fraction of sp³-hybridized carbons (Fsp3) is 0.368. The van der Waals surface area contributed by atoms with E-state index < -0.39 is 15.9 Å². The highest BCUT2D eigenvalue weighted by molar-refractivity contribution is 7.89. The SMILES string of the molecule is CCOc1ncccc1C(=O)Nc1cc(S(=O)(=O)N(CC)CC)ccc1OC. The molecule has 0 unspecified atom stereocenters. The smallest absolute Gasteiger partial charge is 0.261 e. The van der Waals surface area contributed by atoms with Crippen molar-refractivity contribution in [3.05, 3.63) is 42.1 Å². The zero-order valence-electron chi connectivity index (χ0n) is 16.4. The maximum absolute atomic E-state index is 12.8. The number of methoxy groups -OCH3 is 1. The maximum atomic E-state index is 12.8. The third kappa shape index (κ3) is 4.60. The minimum Gasteiger partial charge on any atom is -0.495 e. The number of ether oxygens (including phenoxy) is 2. The van der Waals surface area contributed by atoms with Crippen molar-refractivity contribution in [2.75, 3.05) is 32.1 Å². The van der Waals surface area contributed by atoms with Crippen molar-refractivity contribution < 1.29 is 22.7 Å². The summed E-state index contributed by atoms with van der Waals surface area (Å²) in [6.45, 7) is 6.38. The topological polar surface area (TPSA) is 97.8 Å². The Morgan fingerprint density at radius 1 is 1.18 bits per heavy atom. The lowest BCUT2D eigenvalue weighted by Gasteiger charge is -2.19. The first-order chi connectivity index (χ1) is 13.4. The predicted octanol–water partition coefficient (Wildman–Crippen LogP) is 2.77. The van der Waals surface area contributed by atoms with E-state index in [2.05, 4.69) is 10.3 Å². The number of carbonyl (C=O) groups is 1. The van der Waals surface area contributed by atoms with Crippen molar-refractivity contribution in [2.24, 2.45) is 0 Å². The molecule has 0 bridgehead atoms. The van der Waals surface area contributed by atoms with Gasteiger partial charge in [0.1, 0.15) is 11.3 Å². The zero-order valence-corrected chi connectivity index (χ0v) is 17.2. The molecular formula is C19H25N3O5S. The van der Waals surface area contributed by atoms with E-state index >= 15 is 0 Å². The zero-order chi connectivity index (χ0) is 20.7. The van der Waals surface area contributed by atoms with Crippen LogP contribution >= 0.6 is 0 Å². The second-order valence-electron chi connectivity index (χ2n) is 5.69. The molecule has 1 aromatic heterocycles. The first-order valence-corrected chi connectivity index (χ1v) is 10.4. The Balaban J connectivity index is 2.42. The van der Waals surface area contributed by atoms with E-state index in [9.17, 15) is 13.2 Å². The van der Waals surface area contributed by atoms with Crippen LogP contribution in [0.5, 0.6) is 11.6 Å². The lowest BCUT2D eigenvalue weighted by molar-refractivity contribution is 0.102. The molecular weight excluding hydrogens is 382 g/mol. The molecule has 1 heterocycles. The van der Waals surface area contributed by atoms with Crippen LogP contribution in [0.3, 0.4) is 0 Å². The Labute approximate surface area is 165 Å². The molecule has 0 fully saturated rings. The summed E-state index contributed by atoms with van der Waals surface area (Å²) in [7, 11) is -2.23. The third-order valence-corrected chi connectivity index (χ3v) is 6.11. The van der Waals surface area contributed by atoms with Gasteiger partial charge in [-0.25, -0.2) is 13.4 Å². The molecule has 1 N–H and O–H groups in total. The summed E-state index contributed by atoms with van der Waals surface area (Å²) in [6.07, 6.45) is 1.53. The van der Waals surface area contributed by atoms with Crippen LogP contribution in [-0.2, 0) is 10.0 Å². The number of aromatic nitrogens is 1. The standard InChI is InChI=1S/C19H25N3O5S/c1-5-22(6-2)28(24,25)14-10-11-17(26-4)16(13-14)21-18(23)15-9-8-12-20-19(15)27-7-3/h8-13H,5-7H2,1-4H3,(H,21,23). The number of amides is 1. The molecule has 28 heavy (non-hydrogen) atoms. The van der Waals surface area contributed by atoms with Gasteiger partial charge in [0.15, 0.2) is 0 Å². The van der Waals surface area contributed by atoms with Crippen molar-refractivity contribution in [2.45, 2.75) is 25.7 Å². The van der Waals surface area contributed by atoms with Crippen LogP contribution in [0.2, 0.25) is 0 Å². The number of nitrogens with zero attached hydrogens (tertiary/aromatic N) is 2. The van der Waals surface area contributed by atoms with Gasteiger partial charge in [0.05, 0.1) is 24.3 Å². The van der Waals surface area contributed by atoms with Crippen LogP contribution in [0.1, 0.15) is 31.1 Å². The van der Waals surface area contributed by atoms with E-state index in [-0.39, 0.29) is 22.0 Å². The summed E-state index contributed by atoms with van der Waals surface area (Å²) in [5.74, 6) is 0.0642. The Morgan fingerprint density at radius 3 is 2.50 bits per heavy atom. The summed E-state index contributed by atoms with van der Waals surface area (Å²) < 4.78 is 37.6. The molecule has 8 nitrogen and oxygen atoms in total. The Kier molecular flexibility index (Phi) is 7.36. The van der Waals surface area contributed by atoms with Gasteiger partial charge in [-0.15, -0.1) is 0 Å². The quantitative estimate of drug-likeness (QED) is 0.686. The molecule has 9 heteroatoms. The van der Waals surface area contributed by atoms with E-state index in [1.165, 1.54) is 35.8 Å². The number of benzene rings is 1. The second kappa shape index (κ2) is 9.52. The van der Waals surface area contributed by atoms with Crippen molar-refractivity contribution in [1.29, 1.82) is 0 Å². The van der Waals surface area contributed by atoms with Crippen molar-refractivity contribution >= 4 is 21.6 Å². The van der Waals surface area contributed by atoms with Crippen LogP contribution < -0.4 is 14.8 Å². The highest BCUT2D eigenvalue weighted by Crippen LogP contribution is 2.30. The van der Waals surface area contributed by atoms with E-state index in [1.807, 2.05) is 0 Å². The Bertz CT molecular complexity index is 927. The molecule has 0 aliphatic carbocycles. The normalized spacial score (nSPS) is 11.3. The highest BCUT2D eigenvalue weighted by Gasteiger charge is 2.24.